The summed E-state index contributed by atoms with van der Waals surface area (Å²) < 4.78 is 13.6. The molecule has 1 N–H and O–H groups in total. The fraction of sp³-hybridized carbons (Fsp3) is 0.556. The molecule has 2 aromatic carbocycles. The monoisotopic (exact) mass is 442 g/mol. The summed E-state index contributed by atoms with van der Waals surface area (Å²) in [5.41, 5.74) is -0.480. The minimum absolute atomic E-state index is 0.0963. The van der Waals surface area contributed by atoms with Crippen molar-refractivity contribution in [2.45, 2.75) is 84.2 Å². The van der Waals surface area contributed by atoms with Gasteiger partial charge in [-0.25, -0.2) is 0 Å². The van der Waals surface area contributed by atoms with Gasteiger partial charge in [0.15, 0.2) is 0 Å². The molecule has 0 saturated heterocycles. The van der Waals surface area contributed by atoms with Gasteiger partial charge in [0.1, 0.15) is 0 Å². The molecule has 2 aromatic rings. The van der Waals surface area contributed by atoms with E-state index in [2.05, 4.69) is 69.3 Å². The first-order valence-electron chi connectivity index (χ1n) is 12.1. The minimum Gasteiger partial charge on any atom is -0.396 e. The molecule has 0 saturated carbocycles. The highest BCUT2D eigenvalue weighted by molar-refractivity contribution is 6.92. The van der Waals surface area contributed by atoms with Crippen LogP contribution < -0.4 is 10.4 Å². The molecule has 3 nitrogen and oxygen atoms in total. The maximum Gasteiger partial charge on any atom is 0.407 e. The van der Waals surface area contributed by atoms with E-state index in [1.165, 1.54) is 44.9 Å². The largest absolute Gasteiger partial charge is 0.407 e. The Labute approximate surface area is 191 Å². The Bertz CT molecular complexity index is 663. The number of unbranched alkanes of at least 4 members (excludes halogenated alkanes) is 7. The lowest BCUT2D eigenvalue weighted by Gasteiger charge is -2.39. The fourth-order valence-corrected chi connectivity index (χ4v) is 7.49. The average Bonchev–Trinajstić information content (AvgIpc) is 2.78. The van der Waals surface area contributed by atoms with Crippen LogP contribution in [-0.4, -0.2) is 32.5 Å². The third-order valence-corrected chi connectivity index (χ3v) is 9.38. The van der Waals surface area contributed by atoms with Gasteiger partial charge in [0.05, 0.1) is 5.60 Å². The van der Waals surface area contributed by atoms with Gasteiger partial charge in [-0.3, -0.25) is 0 Å². The predicted molar refractivity (Wildman–Crippen MR) is 133 cm³/mol. The number of rotatable bonds is 16. The molecule has 0 aliphatic carbocycles. The highest BCUT2D eigenvalue weighted by Crippen LogP contribution is 2.23. The molecule has 0 heterocycles. The van der Waals surface area contributed by atoms with Crippen LogP contribution in [0.3, 0.4) is 0 Å². The normalized spacial score (nSPS) is 12.3. The maximum absolute atomic E-state index is 9.58. The summed E-state index contributed by atoms with van der Waals surface area (Å²) >= 11 is 0. The van der Waals surface area contributed by atoms with Crippen molar-refractivity contribution in [3.05, 3.63) is 60.7 Å². The van der Waals surface area contributed by atoms with Gasteiger partial charge in [0.25, 0.3) is 0 Å². The number of aliphatic hydroxyl groups excluding tert-OH is 1. The zero-order valence-corrected chi connectivity index (χ0v) is 20.8. The lowest BCUT2D eigenvalue weighted by Crippen LogP contribution is -2.66. The van der Waals surface area contributed by atoms with Crippen molar-refractivity contribution in [1.29, 1.82) is 0 Å². The molecule has 0 bridgehead atoms. The molecule has 172 valence electrons. The molecule has 0 fully saturated rings. The summed E-state index contributed by atoms with van der Waals surface area (Å²) in [7, 11) is -2.92. The summed E-state index contributed by atoms with van der Waals surface area (Å²) in [4.78, 5) is 0. The van der Waals surface area contributed by atoms with Crippen LogP contribution in [0.1, 0.15) is 78.6 Å². The fourth-order valence-electron chi connectivity index (χ4n) is 3.96. The molecular weight excluding hydrogens is 400 g/mol. The van der Waals surface area contributed by atoms with Gasteiger partial charge in [-0.05, 0) is 37.1 Å². The first-order valence-corrected chi connectivity index (χ1v) is 13.9. The molecule has 0 aromatic heterocycles. The first-order chi connectivity index (χ1) is 15.0. The van der Waals surface area contributed by atoms with E-state index >= 15 is 0 Å². The van der Waals surface area contributed by atoms with Crippen LogP contribution in [-0.2, 0) is 8.85 Å². The van der Waals surface area contributed by atoms with Gasteiger partial charge in [0, 0.05) is 13.2 Å². The van der Waals surface area contributed by atoms with E-state index in [4.69, 9.17) is 8.85 Å². The Morgan fingerprint density at radius 2 is 1.23 bits per heavy atom. The molecule has 0 atom stereocenters. The van der Waals surface area contributed by atoms with E-state index in [0.29, 0.717) is 13.0 Å². The quantitative estimate of drug-likeness (QED) is 0.272. The molecular formula is C27H42O3Si. The maximum atomic E-state index is 9.58. The summed E-state index contributed by atoms with van der Waals surface area (Å²) in [5.74, 6) is 0. The predicted octanol–water partition coefficient (Wildman–Crippen LogP) is 5.58. The lowest BCUT2D eigenvalue weighted by atomic mass is 10.1. The Hall–Kier alpha value is -1.46. The van der Waals surface area contributed by atoms with Crippen molar-refractivity contribution in [1.82, 2.24) is 0 Å². The highest BCUT2D eigenvalue weighted by Gasteiger charge is 2.46. The van der Waals surface area contributed by atoms with E-state index < -0.39 is 14.2 Å². The van der Waals surface area contributed by atoms with Crippen LogP contribution in [0.5, 0.6) is 0 Å². The van der Waals surface area contributed by atoms with Crippen molar-refractivity contribution < 1.29 is 14.0 Å². The second kappa shape index (κ2) is 13.8. The smallest absolute Gasteiger partial charge is 0.396 e. The van der Waals surface area contributed by atoms with Crippen LogP contribution >= 0.6 is 0 Å². The van der Waals surface area contributed by atoms with E-state index in [1.54, 1.807) is 0 Å². The second-order valence-corrected chi connectivity index (χ2v) is 11.9. The van der Waals surface area contributed by atoms with Gasteiger partial charge in [-0.2, -0.15) is 0 Å². The Morgan fingerprint density at radius 3 is 1.71 bits per heavy atom. The van der Waals surface area contributed by atoms with E-state index in [1.807, 2.05) is 12.1 Å². The number of hydrogen-bond acceptors (Lipinski definition) is 3. The molecule has 0 unspecified atom stereocenters. The van der Waals surface area contributed by atoms with Crippen molar-refractivity contribution in [2.24, 2.45) is 0 Å². The summed E-state index contributed by atoms with van der Waals surface area (Å²) in [6, 6.07) is 20.8. The summed E-state index contributed by atoms with van der Waals surface area (Å²) in [6.07, 6.45) is 10.8. The van der Waals surface area contributed by atoms with Crippen LogP contribution in [0.4, 0.5) is 0 Å². The topological polar surface area (TPSA) is 38.7 Å². The zero-order chi connectivity index (χ0) is 22.4. The summed E-state index contributed by atoms with van der Waals surface area (Å²) in [6.45, 7) is 7.16. The van der Waals surface area contributed by atoms with Crippen LogP contribution in [0.25, 0.3) is 0 Å². The van der Waals surface area contributed by atoms with Crippen LogP contribution in [0, 0.1) is 0 Å². The van der Waals surface area contributed by atoms with E-state index in [-0.39, 0.29) is 6.61 Å². The van der Waals surface area contributed by atoms with Gasteiger partial charge in [-0.15, -0.1) is 0 Å². The van der Waals surface area contributed by atoms with E-state index in [9.17, 15) is 5.11 Å². The van der Waals surface area contributed by atoms with Crippen molar-refractivity contribution >= 4 is 18.9 Å². The van der Waals surface area contributed by atoms with E-state index in [0.717, 1.165) is 16.8 Å². The number of hydrogen-bond donors (Lipinski definition) is 1. The van der Waals surface area contributed by atoms with Crippen molar-refractivity contribution in [2.75, 3.05) is 13.2 Å². The van der Waals surface area contributed by atoms with Gasteiger partial charge in [-0.1, -0.05) is 113 Å². The third kappa shape index (κ3) is 8.53. The van der Waals surface area contributed by atoms with Gasteiger partial charge >= 0.3 is 8.56 Å². The van der Waals surface area contributed by atoms with Crippen LogP contribution in [0.2, 0.25) is 0 Å². The highest BCUT2D eigenvalue weighted by atomic mass is 28.4. The Kier molecular flexibility index (Phi) is 11.5. The number of benzene rings is 2. The Balaban J connectivity index is 2.15. The minimum atomic E-state index is -2.92. The van der Waals surface area contributed by atoms with Crippen LogP contribution in [0.15, 0.2) is 60.7 Å². The SMILES string of the molecule is CCCCCCCCCCO[Si](OC(C)(C)CCO)(c1ccccc1)c1ccccc1. The van der Waals surface area contributed by atoms with Crippen molar-refractivity contribution in [3.8, 4) is 0 Å². The molecule has 0 amide bonds. The Morgan fingerprint density at radius 1 is 0.742 bits per heavy atom. The molecule has 2 rings (SSSR count). The standard InChI is InChI=1S/C27H42O3Si/c1-4-5-6-7-8-9-10-17-24-29-31(25-18-13-11-14-19-25,26-20-15-12-16-21-26)30-27(2,3)22-23-28/h11-16,18-21,28H,4-10,17,22-24H2,1-3H3. The lowest BCUT2D eigenvalue weighted by molar-refractivity contribution is 0.0396. The van der Waals surface area contributed by atoms with Gasteiger partial charge in [0.2, 0.25) is 0 Å². The van der Waals surface area contributed by atoms with Crippen molar-refractivity contribution in [3.63, 3.8) is 0 Å². The third-order valence-electron chi connectivity index (χ3n) is 5.74. The molecule has 0 aliphatic rings. The molecule has 31 heavy (non-hydrogen) atoms. The molecule has 0 aliphatic heterocycles. The first kappa shape index (κ1) is 25.8. The molecule has 4 heteroatoms. The molecule has 0 spiro atoms. The number of aliphatic hydroxyl groups is 1. The summed E-state index contributed by atoms with van der Waals surface area (Å²) in [5, 5.41) is 11.8. The second-order valence-electron chi connectivity index (χ2n) is 9.01. The molecule has 0 radical (unpaired) electrons. The average molecular weight is 443 g/mol. The zero-order valence-electron chi connectivity index (χ0n) is 19.8. The van der Waals surface area contributed by atoms with Gasteiger partial charge < -0.3 is 14.0 Å².